The smallest absolute Gasteiger partial charge is 0.348 e. The SMILES string of the molecule is C=CCC(C)(OC(=O)C(C)O)C(=O)O. The molecule has 0 radical (unpaired) electrons. The molecule has 2 atom stereocenters. The van der Waals surface area contributed by atoms with Gasteiger partial charge in [-0.15, -0.1) is 6.58 Å². The van der Waals surface area contributed by atoms with E-state index in [1.807, 2.05) is 0 Å². The number of ether oxygens (including phenoxy) is 1. The van der Waals surface area contributed by atoms with Crippen LogP contribution in [-0.2, 0) is 14.3 Å². The van der Waals surface area contributed by atoms with Gasteiger partial charge in [-0.05, 0) is 13.8 Å². The number of esters is 1. The Morgan fingerprint density at radius 2 is 2.14 bits per heavy atom. The van der Waals surface area contributed by atoms with E-state index in [4.69, 9.17) is 10.2 Å². The van der Waals surface area contributed by atoms with Gasteiger partial charge in [0.25, 0.3) is 0 Å². The Morgan fingerprint density at radius 3 is 2.43 bits per heavy atom. The first-order valence-electron chi connectivity index (χ1n) is 4.08. The minimum atomic E-state index is -1.66. The van der Waals surface area contributed by atoms with Crippen LogP contribution in [0.25, 0.3) is 0 Å². The van der Waals surface area contributed by atoms with Gasteiger partial charge in [0.1, 0.15) is 6.10 Å². The van der Waals surface area contributed by atoms with Gasteiger partial charge in [0, 0.05) is 6.42 Å². The first kappa shape index (κ1) is 12.6. The number of hydrogen-bond donors (Lipinski definition) is 2. The van der Waals surface area contributed by atoms with E-state index in [1.165, 1.54) is 19.9 Å². The molecule has 0 aromatic rings. The Morgan fingerprint density at radius 1 is 1.64 bits per heavy atom. The second-order valence-electron chi connectivity index (χ2n) is 3.13. The predicted molar refractivity (Wildman–Crippen MR) is 48.6 cm³/mol. The van der Waals surface area contributed by atoms with Crippen LogP contribution in [0.4, 0.5) is 0 Å². The maximum atomic E-state index is 11.0. The summed E-state index contributed by atoms with van der Waals surface area (Å²) in [5.74, 6) is -2.23. The summed E-state index contributed by atoms with van der Waals surface area (Å²) in [7, 11) is 0. The number of carbonyl (C=O) groups excluding carboxylic acids is 1. The molecule has 0 amide bonds. The topological polar surface area (TPSA) is 83.8 Å². The molecule has 0 aliphatic heterocycles. The second kappa shape index (κ2) is 4.76. The largest absolute Gasteiger partial charge is 0.478 e. The highest BCUT2D eigenvalue weighted by Crippen LogP contribution is 2.17. The third-order valence-electron chi connectivity index (χ3n) is 1.65. The first-order chi connectivity index (χ1) is 6.33. The summed E-state index contributed by atoms with van der Waals surface area (Å²) in [5, 5.41) is 17.6. The van der Waals surface area contributed by atoms with Gasteiger partial charge in [0.2, 0.25) is 5.60 Å². The number of carboxylic acid groups (broad SMARTS) is 1. The average molecular weight is 202 g/mol. The number of carboxylic acids is 1. The number of rotatable bonds is 5. The third kappa shape index (κ3) is 3.18. The molecular formula is C9H14O5. The van der Waals surface area contributed by atoms with Crippen molar-refractivity contribution in [3.8, 4) is 0 Å². The molecule has 0 aromatic carbocycles. The minimum absolute atomic E-state index is 0.0131. The van der Waals surface area contributed by atoms with Crippen LogP contribution in [0.5, 0.6) is 0 Å². The number of hydrogen-bond acceptors (Lipinski definition) is 4. The maximum absolute atomic E-state index is 11.0. The Hall–Kier alpha value is -1.36. The number of aliphatic carboxylic acids is 1. The quantitative estimate of drug-likeness (QED) is 0.495. The minimum Gasteiger partial charge on any atom is -0.478 e. The lowest BCUT2D eigenvalue weighted by atomic mass is 10.0. The van der Waals surface area contributed by atoms with Crippen LogP contribution in [0, 0.1) is 0 Å². The lowest BCUT2D eigenvalue weighted by molar-refractivity contribution is -0.181. The fraction of sp³-hybridized carbons (Fsp3) is 0.556. The van der Waals surface area contributed by atoms with Crippen molar-refractivity contribution >= 4 is 11.9 Å². The summed E-state index contributed by atoms with van der Waals surface area (Å²) >= 11 is 0. The van der Waals surface area contributed by atoms with Crippen molar-refractivity contribution < 1.29 is 24.5 Å². The molecule has 0 rings (SSSR count). The van der Waals surface area contributed by atoms with Gasteiger partial charge >= 0.3 is 11.9 Å². The molecule has 0 bridgehead atoms. The monoisotopic (exact) mass is 202 g/mol. The van der Waals surface area contributed by atoms with Gasteiger partial charge in [0.05, 0.1) is 0 Å². The molecule has 5 heteroatoms. The van der Waals surface area contributed by atoms with Crippen LogP contribution in [0.2, 0.25) is 0 Å². The maximum Gasteiger partial charge on any atom is 0.348 e. The van der Waals surface area contributed by atoms with Crippen molar-refractivity contribution in [2.24, 2.45) is 0 Å². The van der Waals surface area contributed by atoms with Gasteiger partial charge in [-0.3, -0.25) is 0 Å². The molecular weight excluding hydrogens is 188 g/mol. The highest BCUT2D eigenvalue weighted by atomic mass is 16.6. The molecule has 0 heterocycles. The Kier molecular flexibility index (Phi) is 4.30. The molecule has 0 fully saturated rings. The normalized spacial score (nSPS) is 16.5. The molecule has 0 saturated heterocycles. The van der Waals surface area contributed by atoms with Crippen molar-refractivity contribution in [3.05, 3.63) is 12.7 Å². The van der Waals surface area contributed by atoms with Crippen LogP contribution in [0.3, 0.4) is 0 Å². The molecule has 0 saturated carbocycles. The van der Waals surface area contributed by atoms with Crippen molar-refractivity contribution in [2.75, 3.05) is 0 Å². The standard InChI is InChI=1S/C9H14O5/c1-4-5-9(3,8(12)13)14-7(11)6(2)10/h4,6,10H,1,5H2,2-3H3,(H,12,13). The third-order valence-corrected chi connectivity index (χ3v) is 1.65. The van der Waals surface area contributed by atoms with E-state index in [0.717, 1.165) is 0 Å². The van der Waals surface area contributed by atoms with E-state index in [-0.39, 0.29) is 6.42 Å². The summed E-state index contributed by atoms with van der Waals surface area (Å²) in [5.41, 5.74) is -1.66. The van der Waals surface area contributed by atoms with E-state index >= 15 is 0 Å². The molecule has 0 aliphatic rings. The van der Waals surface area contributed by atoms with E-state index in [9.17, 15) is 9.59 Å². The summed E-state index contributed by atoms with van der Waals surface area (Å²) < 4.78 is 4.64. The average Bonchev–Trinajstić information content (AvgIpc) is 2.03. The van der Waals surface area contributed by atoms with Crippen molar-refractivity contribution in [2.45, 2.75) is 32.0 Å². The molecule has 0 aromatic heterocycles. The predicted octanol–water partition coefficient (Wildman–Crippen LogP) is 0.330. The molecule has 80 valence electrons. The molecule has 2 N–H and O–H groups in total. The number of aliphatic hydroxyl groups excluding tert-OH is 1. The zero-order valence-electron chi connectivity index (χ0n) is 8.19. The van der Waals surface area contributed by atoms with Crippen molar-refractivity contribution in [1.82, 2.24) is 0 Å². The Labute approximate surface area is 82.0 Å². The second-order valence-corrected chi connectivity index (χ2v) is 3.13. The molecule has 5 nitrogen and oxygen atoms in total. The van der Waals surface area contributed by atoms with Crippen LogP contribution in [0.15, 0.2) is 12.7 Å². The zero-order chi connectivity index (χ0) is 11.4. The molecule has 0 aliphatic carbocycles. The Bertz CT molecular complexity index is 246. The zero-order valence-corrected chi connectivity index (χ0v) is 8.19. The van der Waals surface area contributed by atoms with Crippen molar-refractivity contribution in [3.63, 3.8) is 0 Å². The van der Waals surface area contributed by atoms with Crippen LogP contribution in [-0.4, -0.2) is 33.9 Å². The Balaban J connectivity index is 4.60. The summed E-state index contributed by atoms with van der Waals surface area (Å²) in [6.45, 7) is 5.82. The summed E-state index contributed by atoms with van der Waals surface area (Å²) in [6, 6.07) is 0. The van der Waals surface area contributed by atoms with E-state index < -0.39 is 23.6 Å². The highest BCUT2D eigenvalue weighted by Gasteiger charge is 2.37. The van der Waals surface area contributed by atoms with E-state index in [0.29, 0.717) is 0 Å². The fourth-order valence-electron chi connectivity index (χ4n) is 0.755. The molecule has 14 heavy (non-hydrogen) atoms. The molecule has 0 spiro atoms. The van der Waals surface area contributed by atoms with Gasteiger partial charge in [-0.25, -0.2) is 9.59 Å². The van der Waals surface area contributed by atoms with Crippen LogP contribution in [0.1, 0.15) is 20.3 Å². The summed E-state index contributed by atoms with van der Waals surface area (Å²) in [4.78, 5) is 21.7. The van der Waals surface area contributed by atoms with Crippen LogP contribution >= 0.6 is 0 Å². The lowest BCUT2D eigenvalue weighted by Crippen LogP contribution is -2.42. The summed E-state index contributed by atoms with van der Waals surface area (Å²) in [6.07, 6.45) is -0.0111. The van der Waals surface area contributed by atoms with Gasteiger partial charge in [0.15, 0.2) is 0 Å². The van der Waals surface area contributed by atoms with Gasteiger partial charge in [-0.2, -0.15) is 0 Å². The van der Waals surface area contributed by atoms with E-state index in [1.54, 1.807) is 0 Å². The highest BCUT2D eigenvalue weighted by molar-refractivity contribution is 5.83. The number of carbonyl (C=O) groups is 2. The van der Waals surface area contributed by atoms with Gasteiger partial charge < -0.3 is 14.9 Å². The van der Waals surface area contributed by atoms with Crippen molar-refractivity contribution in [1.29, 1.82) is 0 Å². The number of aliphatic hydroxyl groups is 1. The van der Waals surface area contributed by atoms with E-state index in [2.05, 4.69) is 11.3 Å². The fourth-order valence-corrected chi connectivity index (χ4v) is 0.755. The lowest BCUT2D eigenvalue weighted by Gasteiger charge is -2.24. The van der Waals surface area contributed by atoms with Gasteiger partial charge in [-0.1, -0.05) is 6.08 Å². The molecule has 2 unspecified atom stereocenters. The van der Waals surface area contributed by atoms with Crippen LogP contribution < -0.4 is 0 Å². The first-order valence-corrected chi connectivity index (χ1v) is 4.08.